The maximum atomic E-state index is 11.2. The maximum absolute atomic E-state index is 11.2. The molecule has 0 aromatic carbocycles. The van der Waals surface area contributed by atoms with Gasteiger partial charge in [-0.2, -0.15) is 0 Å². The number of carbonyl (C=O) groups is 1. The smallest absolute Gasteiger partial charge is 0.409 e. The molecule has 2 heterocycles. The second kappa shape index (κ2) is 2.40. The third-order valence-corrected chi connectivity index (χ3v) is 2.84. The summed E-state index contributed by atoms with van der Waals surface area (Å²) in [4.78, 5) is 13.1. The van der Waals surface area contributed by atoms with Crippen LogP contribution in [0.5, 0.6) is 0 Å². The van der Waals surface area contributed by atoms with Crippen LogP contribution in [-0.4, -0.2) is 30.2 Å². The first-order valence-corrected chi connectivity index (χ1v) is 4.19. The van der Waals surface area contributed by atoms with Gasteiger partial charge in [0.1, 0.15) is 0 Å². The number of methoxy groups -OCH3 is 1. The predicted octanol–water partition coefficient (Wildman–Crippen LogP) is 1.38. The normalized spacial score (nSPS) is 34.5. The number of rotatable bonds is 0. The first kappa shape index (κ1) is 6.95. The van der Waals surface area contributed by atoms with Crippen LogP contribution >= 0.6 is 0 Å². The van der Waals surface area contributed by atoms with Crippen molar-refractivity contribution in [2.45, 2.75) is 37.8 Å². The lowest BCUT2D eigenvalue weighted by Gasteiger charge is -2.19. The predicted molar refractivity (Wildman–Crippen MR) is 40.3 cm³/mol. The van der Waals surface area contributed by atoms with Crippen molar-refractivity contribution in [2.75, 3.05) is 7.11 Å². The van der Waals surface area contributed by atoms with Crippen LogP contribution in [0.1, 0.15) is 25.7 Å². The molecular weight excluding hydrogens is 142 g/mol. The van der Waals surface area contributed by atoms with Gasteiger partial charge in [-0.3, -0.25) is 0 Å². The van der Waals surface area contributed by atoms with Gasteiger partial charge in [0, 0.05) is 12.1 Å². The summed E-state index contributed by atoms with van der Waals surface area (Å²) >= 11 is 0. The fourth-order valence-corrected chi connectivity index (χ4v) is 2.32. The number of carbonyl (C=O) groups excluding carboxylic acids is 1. The van der Waals surface area contributed by atoms with Gasteiger partial charge in [-0.25, -0.2) is 4.79 Å². The summed E-state index contributed by atoms with van der Waals surface area (Å²) in [6.07, 6.45) is 4.59. The Kier molecular flexibility index (Phi) is 1.51. The van der Waals surface area contributed by atoms with E-state index in [0.29, 0.717) is 12.1 Å². The number of hydrogen-bond acceptors (Lipinski definition) is 2. The molecule has 2 aliphatic rings. The zero-order chi connectivity index (χ0) is 7.84. The van der Waals surface area contributed by atoms with E-state index in [2.05, 4.69) is 0 Å². The molecule has 2 aliphatic heterocycles. The van der Waals surface area contributed by atoms with Gasteiger partial charge in [-0.05, 0) is 25.7 Å². The summed E-state index contributed by atoms with van der Waals surface area (Å²) in [5, 5.41) is 0. The van der Waals surface area contributed by atoms with Crippen LogP contribution in [0.15, 0.2) is 0 Å². The molecule has 3 nitrogen and oxygen atoms in total. The van der Waals surface area contributed by atoms with E-state index in [1.165, 1.54) is 32.8 Å². The Morgan fingerprint density at radius 1 is 1.27 bits per heavy atom. The molecule has 0 atom stereocenters. The van der Waals surface area contributed by atoms with Crippen molar-refractivity contribution in [1.29, 1.82) is 0 Å². The first-order chi connectivity index (χ1) is 5.33. The largest absolute Gasteiger partial charge is 0.453 e. The number of ether oxygens (including phenoxy) is 1. The fourth-order valence-electron chi connectivity index (χ4n) is 2.32. The Hall–Kier alpha value is -0.730. The summed E-state index contributed by atoms with van der Waals surface area (Å²) in [6, 6.07) is 0.986. The van der Waals surface area contributed by atoms with Gasteiger partial charge in [0.2, 0.25) is 0 Å². The van der Waals surface area contributed by atoms with Crippen LogP contribution in [0.3, 0.4) is 0 Å². The first-order valence-electron chi connectivity index (χ1n) is 4.19. The Labute approximate surface area is 66.3 Å². The zero-order valence-electron chi connectivity index (χ0n) is 6.75. The lowest BCUT2D eigenvalue weighted by molar-refractivity contribution is 0.117. The Bertz CT molecular complexity index is 161. The van der Waals surface area contributed by atoms with Gasteiger partial charge in [0.25, 0.3) is 0 Å². The topological polar surface area (TPSA) is 29.5 Å². The van der Waals surface area contributed by atoms with E-state index in [9.17, 15) is 4.79 Å². The van der Waals surface area contributed by atoms with Crippen molar-refractivity contribution < 1.29 is 9.53 Å². The molecule has 11 heavy (non-hydrogen) atoms. The van der Waals surface area contributed by atoms with Crippen molar-refractivity contribution in [3.63, 3.8) is 0 Å². The minimum atomic E-state index is -0.130. The standard InChI is InChI=1S/C8H13NO2/c1-11-8(10)9-6-2-3-7(9)5-4-6/h6-7H,2-5H2,1H3. The van der Waals surface area contributed by atoms with Gasteiger partial charge >= 0.3 is 6.09 Å². The number of fused-ring (bicyclic) bond motifs is 2. The molecule has 0 N–H and O–H groups in total. The molecule has 0 aliphatic carbocycles. The Balaban J connectivity index is 2.09. The van der Waals surface area contributed by atoms with Crippen LogP contribution in [0.25, 0.3) is 0 Å². The molecule has 3 heteroatoms. The fraction of sp³-hybridized carbons (Fsp3) is 0.875. The van der Waals surface area contributed by atoms with E-state index in [1.54, 1.807) is 0 Å². The molecule has 0 spiro atoms. The van der Waals surface area contributed by atoms with Gasteiger partial charge in [-0.1, -0.05) is 0 Å². The summed E-state index contributed by atoms with van der Waals surface area (Å²) in [7, 11) is 1.46. The lowest BCUT2D eigenvalue weighted by Crippen LogP contribution is -2.34. The highest BCUT2D eigenvalue weighted by molar-refractivity contribution is 5.69. The van der Waals surface area contributed by atoms with E-state index in [4.69, 9.17) is 4.74 Å². The van der Waals surface area contributed by atoms with Crippen LogP contribution in [0, 0.1) is 0 Å². The Morgan fingerprint density at radius 2 is 1.73 bits per heavy atom. The van der Waals surface area contributed by atoms with E-state index < -0.39 is 0 Å². The number of nitrogens with zero attached hydrogens (tertiary/aromatic N) is 1. The quantitative estimate of drug-likeness (QED) is 0.529. The average molecular weight is 155 g/mol. The number of amides is 1. The summed E-state index contributed by atoms with van der Waals surface area (Å²) < 4.78 is 4.70. The van der Waals surface area contributed by atoms with Crippen molar-refractivity contribution in [3.05, 3.63) is 0 Å². The molecule has 0 unspecified atom stereocenters. The van der Waals surface area contributed by atoms with Gasteiger partial charge in [0.15, 0.2) is 0 Å². The second-order valence-electron chi connectivity index (χ2n) is 3.34. The molecule has 0 saturated carbocycles. The summed E-state index contributed by atoms with van der Waals surface area (Å²) in [5.74, 6) is 0. The highest BCUT2D eigenvalue weighted by Gasteiger charge is 2.42. The summed E-state index contributed by atoms with van der Waals surface area (Å²) in [5.41, 5.74) is 0. The van der Waals surface area contributed by atoms with E-state index in [1.807, 2.05) is 4.90 Å². The molecular formula is C8H13NO2. The van der Waals surface area contributed by atoms with Gasteiger partial charge < -0.3 is 9.64 Å². The number of hydrogen-bond donors (Lipinski definition) is 0. The SMILES string of the molecule is COC(=O)N1C2CCC1CC2. The van der Waals surface area contributed by atoms with Crippen LogP contribution < -0.4 is 0 Å². The van der Waals surface area contributed by atoms with Crippen LogP contribution in [0.4, 0.5) is 4.79 Å². The molecule has 0 aromatic heterocycles. The molecule has 62 valence electrons. The third kappa shape index (κ3) is 0.905. The maximum Gasteiger partial charge on any atom is 0.409 e. The third-order valence-electron chi connectivity index (χ3n) is 2.84. The second-order valence-corrected chi connectivity index (χ2v) is 3.34. The summed E-state index contributed by atoms with van der Waals surface area (Å²) in [6.45, 7) is 0. The van der Waals surface area contributed by atoms with Crippen molar-refractivity contribution in [1.82, 2.24) is 4.90 Å². The van der Waals surface area contributed by atoms with Crippen molar-refractivity contribution >= 4 is 6.09 Å². The van der Waals surface area contributed by atoms with Gasteiger partial charge in [0.05, 0.1) is 7.11 Å². The highest BCUT2D eigenvalue weighted by Crippen LogP contribution is 2.37. The minimum Gasteiger partial charge on any atom is -0.453 e. The van der Waals surface area contributed by atoms with Crippen molar-refractivity contribution in [2.24, 2.45) is 0 Å². The molecule has 2 bridgehead atoms. The molecule has 0 aromatic rings. The van der Waals surface area contributed by atoms with Crippen LogP contribution in [-0.2, 0) is 4.74 Å². The molecule has 2 rings (SSSR count). The van der Waals surface area contributed by atoms with Crippen LogP contribution in [0.2, 0.25) is 0 Å². The van der Waals surface area contributed by atoms with E-state index in [0.717, 1.165) is 0 Å². The molecule has 1 amide bonds. The molecule has 2 fully saturated rings. The zero-order valence-corrected chi connectivity index (χ0v) is 6.75. The average Bonchev–Trinajstić information content (AvgIpc) is 2.61. The molecule has 2 saturated heterocycles. The lowest BCUT2D eigenvalue weighted by atomic mass is 10.0. The van der Waals surface area contributed by atoms with E-state index >= 15 is 0 Å². The highest BCUT2D eigenvalue weighted by atomic mass is 16.5. The van der Waals surface area contributed by atoms with Gasteiger partial charge in [-0.15, -0.1) is 0 Å². The van der Waals surface area contributed by atoms with E-state index in [-0.39, 0.29) is 6.09 Å². The Morgan fingerprint density at radius 3 is 2.09 bits per heavy atom. The molecule has 0 radical (unpaired) electrons. The minimum absolute atomic E-state index is 0.130. The monoisotopic (exact) mass is 155 g/mol. The van der Waals surface area contributed by atoms with Crippen molar-refractivity contribution in [3.8, 4) is 0 Å².